The fourth-order valence-electron chi connectivity index (χ4n) is 3.23. The van der Waals surface area contributed by atoms with Gasteiger partial charge in [0.25, 0.3) is 5.91 Å². The molecule has 0 aliphatic carbocycles. The molecular formula is C20H24N4O3. The number of piperidine rings is 1. The van der Waals surface area contributed by atoms with Crippen LogP contribution in [0.3, 0.4) is 0 Å². The highest BCUT2D eigenvalue weighted by Gasteiger charge is 2.27. The second-order valence-electron chi connectivity index (χ2n) is 6.67. The van der Waals surface area contributed by atoms with Gasteiger partial charge in [0.1, 0.15) is 12.3 Å². The Labute approximate surface area is 158 Å². The Morgan fingerprint density at radius 3 is 2.59 bits per heavy atom. The van der Waals surface area contributed by atoms with Gasteiger partial charge in [-0.1, -0.05) is 18.2 Å². The SMILES string of the molecule is O=CCC[C@H](NC(=O)c1cnn(-c2ccccc2)c1)C(=O)N1CCCCC1. The molecule has 0 radical (unpaired) electrons. The molecule has 1 aromatic heterocycles. The summed E-state index contributed by atoms with van der Waals surface area (Å²) in [5.41, 5.74) is 1.22. The normalized spacial score (nSPS) is 15.2. The molecule has 2 amide bonds. The second kappa shape index (κ2) is 9.12. The smallest absolute Gasteiger partial charge is 0.255 e. The lowest BCUT2D eigenvalue weighted by atomic mass is 10.1. The van der Waals surface area contributed by atoms with Gasteiger partial charge >= 0.3 is 0 Å². The topological polar surface area (TPSA) is 84.3 Å². The molecular weight excluding hydrogens is 344 g/mol. The summed E-state index contributed by atoms with van der Waals surface area (Å²) in [6.07, 6.45) is 7.49. The minimum Gasteiger partial charge on any atom is -0.341 e. The van der Waals surface area contributed by atoms with Gasteiger partial charge in [-0.3, -0.25) is 9.59 Å². The molecule has 7 nitrogen and oxygen atoms in total. The molecule has 142 valence electrons. The Balaban J connectivity index is 1.69. The molecule has 0 saturated carbocycles. The zero-order valence-corrected chi connectivity index (χ0v) is 15.2. The first-order valence-corrected chi connectivity index (χ1v) is 9.32. The van der Waals surface area contributed by atoms with Gasteiger partial charge in [-0.15, -0.1) is 0 Å². The lowest BCUT2D eigenvalue weighted by molar-refractivity contribution is -0.134. The molecule has 2 heterocycles. The van der Waals surface area contributed by atoms with Crippen molar-refractivity contribution in [3.63, 3.8) is 0 Å². The predicted molar refractivity (Wildman–Crippen MR) is 101 cm³/mol. The van der Waals surface area contributed by atoms with Crippen molar-refractivity contribution in [3.8, 4) is 5.69 Å². The van der Waals surface area contributed by atoms with E-state index >= 15 is 0 Å². The molecule has 1 aliphatic heterocycles. The van der Waals surface area contributed by atoms with Crippen LogP contribution in [0.1, 0.15) is 42.5 Å². The first-order valence-electron chi connectivity index (χ1n) is 9.32. The van der Waals surface area contributed by atoms with Gasteiger partial charge in [-0.2, -0.15) is 5.10 Å². The van der Waals surface area contributed by atoms with Crippen LogP contribution >= 0.6 is 0 Å². The van der Waals surface area contributed by atoms with Crippen LogP contribution in [-0.2, 0) is 9.59 Å². The van der Waals surface area contributed by atoms with Crippen molar-refractivity contribution in [1.82, 2.24) is 20.0 Å². The van der Waals surface area contributed by atoms with Gasteiger partial charge in [0.05, 0.1) is 17.4 Å². The van der Waals surface area contributed by atoms with Crippen molar-refractivity contribution in [2.24, 2.45) is 0 Å². The number of aromatic nitrogens is 2. The molecule has 0 bridgehead atoms. The fraction of sp³-hybridized carbons (Fsp3) is 0.400. The summed E-state index contributed by atoms with van der Waals surface area (Å²) in [6, 6.07) is 8.78. The lowest BCUT2D eigenvalue weighted by Crippen LogP contribution is -2.50. The molecule has 2 aromatic rings. The van der Waals surface area contributed by atoms with Crippen molar-refractivity contribution >= 4 is 18.1 Å². The first-order chi connectivity index (χ1) is 13.2. The van der Waals surface area contributed by atoms with Gasteiger partial charge in [0.2, 0.25) is 5.91 Å². The number of hydrogen-bond acceptors (Lipinski definition) is 4. The van der Waals surface area contributed by atoms with Crippen LogP contribution < -0.4 is 5.32 Å². The number of likely N-dealkylation sites (tertiary alicyclic amines) is 1. The van der Waals surface area contributed by atoms with Crippen molar-refractivity contribution in [2.45, 2.75) is 38.1 Å². The van der Waals surface area contributed by atoms with Crippen LogP contribution in [0.2, 0.25) is 0 Å². The Morgan fingerprint density at radius 2 is 1.89 bits per heavy atom. The van der Waals surface area contributed by atoms with E-state index in [-0.39, 0.29) is 18.2 Å². The van der Waals surface area contributed by atoms with Crippen molar-refractivity contribution in [1.29, 1.82) is 0 Å². The highest BCUT2D eigenvalue weighted by atomic mass is 16.2. The summed E-state index contributed by atoms with van der Waals surface area (Å²) in [6.45, 7) is 1.41. The Morgan fingerprint density at radius 1 is 1.15 bits per heavy atom. The van der Waals surface area contributed by atoms with Crippen LogP contribution in [0.25, 0.3) is 5.69 Å². The number of rotatable bonds is 7. The predicted octanol–water partition coefficient (Wildman–Crippen LogP) is 1.96. The Kier molecular flexibility index (Phi) is 6.35. The molecule has 27 heavy (non-hydrogen) atoms. The average Bonchev–Trinajstić information content (AvgIpc) is 3.22. The van der Waals surface area contributed by atoms with Crippen molar-refractivity contribution < 1.29 is 14.4 Å². The number of nitrogens with one attached hydrogen (secondary N) is 1. The average molecular weight is 368 g/mol. The van der Waals surface area contributed by atoms with Gasteiger partial charge < -0.3 is 15.0 Å². The van der Waals surface area contributed by atoms with Crippen LogP contribution in [0.15, 0.2) is 42.7 Å². The van der Waals surface area contributed by atoms with Crippen LogP contribution in [0.4, 0.5) is 0 Å². The Bertz CT molecular complexity index is 782. The molecule has 0 unspecified atom stereocenters. The van der Waals surface area contributed by atoms with E-state index in [1.54, 1.807) is 15.8 Å². The van der Waals surface area contributed by atoms with E-state index in [1.807, 2.05) is 30.3 Å². The maximum atomic E-state index is 12.8. The number of nitrogens with zero attached hydrogens (tertiary/aromatic N) is 3. The van der Waals surface area contributed by atoms with Gasteiger partial charge in [-0.05, 0) is 37.8 Å². The van der Waals surface area contributed by atoms with E-state index in [4.69, 9.17) is 0 Å². The van der Waals surface area contributed by atoms with E-state index in [0.29, 0.717) is 25.1 Å². The van der Waals surface area contributed by atoms with E-state index in [0.717, 1.165) is 31.2 Å². The highest BCUT2D eigenvalue weighted by molar-refractivity contribution is 5.97. The lowest BCUT2D eigenvalue weighted by Gasteiger charge is -2.30. The molecule has 1 atom stereocenters. The van der Waals surface area contributed by atoms with E-state index < -0.39 is 6.04 Å². The second-order valence-corrected chi connectivity index (χ2v) is 6.67. The number of amides is 2. The van der Waals surface area contributed by atoms with Crippen LogP contribution in [-0.4, -0.2) is 51.9 Å². The van der Waals surface area contributed by atoms with Gasteiger partial charge in [0.15, 0.2) is 0 Å². The minimum atomic E-state index is -0.694. The molecule has 0 spiro atoms. The van der Waals surface area contributed by atoms with Crippen LogP contribution in [0.5, 0.6) is 0 Å². The molecule has 1 N–H and O–H groups in total. The third-order valence-electron chi connectivity index (χ3n) is 4.71. The zero-order valence-electron chi connectivity index (χ0n) is 15.2. The summed E-state index contributed by atoms with van der Waals surface area (Å²) >= 11 is 0. The fourth-order valence-corrected chi connectivity index (χ4v) is 3.23. The maximum absolute atomic E-state index is 12.8. The molecule has 1 saturated heterocycles. The number of benzene rings is 1. The van der Waals surface area contributed by atoms with Crippen molar-refractivity contribution in [3.05, 3.63) is 48.3 Å². The monoisotopic (exact) mass is 368 g/mol. The molecule has 3 rings (SSSR count). The third kappa shape index (κ3) is 4.81. The Hall–Kier alpha value is -2.96. The number of hydrogen-bond donors (Lipinski definition) is 1. The molecule has 1 fully saturated rings. The largest absolute Gasteiger partial charge is 0.341 e. The summed E-state index contributed by atoms with van der Waals surface area (Å²) in [4.78, 5) is 38.0. The van der Waals surface area contributed by atoms with E-state index in [9.17, 15) is 14.4 Å². The van der Waals surface area contributed by atoms with E-state index in [2.05, 4.69) is 10.4 Å². The van der Waals surface area contributed by atoms with Crippen molar-refractivity contribution in [2.75, 3.05) is 13.1 Å². The molecule has 1 aliphatic rings. The van der Waals surface area contributed by atoms with Crippen LogP contribution in [0, 0.1) is 0 Å². The maximum Gasteiger partial charge on any atom is 0.255 e. The quantitative estimate of drug-likeness (QED) is 0.757. The molecule has 1 aromatic carbocycles. The number of carbonyl (C=O) groups excluding carboxylic acids is 3. The van der Waals surface area contributed by atoms with Gasteiger partial charge in [0, 0.05) is 25.7 Å². The standard InChI is InChI=1S/C20H24N4O3/c25-13-7-10-18(20(27)23-11-5-2-6-12-23)22-19(26)16-14-21-24(15-16)17-8-3-1-4-9-17/h1,3-4,8-9,13-15,18H,2,5-7,10-12H2,(H,22,26)/t18-/m0/s1. The molecule has 7 heteroatoms. The summed E-state index contributed by atoms with van der Waals surface area (Å²) < 4.78 is 1.61. The zero-order chi connectivity index (χ0) is 19.1. The summed E-state index contributed by atoms with van der Waals surface area (Å²) in [5, 5.41) is 7.00. The number of aldehydes is 1. The highest BCUT2D eigenvalue weighted by Crippen LogP contribution is 2.13. The summed E-state index contributed by atoms with van der Waals surface area (Å²) in [7, 11) is 0. The van der Waals surface area contributed by atoms with E-state index in [1.165, 1.54) is 6.20 Å². The first kappa shape index (κ1) is 18.8. The number of carbonyl (C=O) groups is 3. The number of para-hydroxylation sites is 1. The third-order valence-corrected chi connectivity index (χ3v) is 4.71. The minimum absolute atomic E-state index is 0.111. The van der Waals surface area contributed by atoms with Gasteiger partial charge in [-0.25, -0.2) is 4.68 Å². The summed E-state index contributed by atoms with van der Waals surface area (Å²) in [5.74, 6) is -0.473.